The highest BCUT2D eigenvalue weighted by Crippen LogP contribution is 2.41. The number of hydrogen-bond donors (Lipinski definition) is 4. The van der Waals surface area contributed by atoms with Gasteiger partial charge in [-0.25, -0.2) is 4.68 Å². The van der Waals surface area contributed by atoms with Crippen LogP contribution < -0.4 is 21.2 Å². The molecule has 5 rings (SSSR count). The zero-order valence-electron chi connectivity index (χ0n) is 22.1. The molecule has 2 aromatic heterocycles. The number of phenols is 1. The fourth-order valence-electron chi connectivity index (χ4n) is 4.44. The first-order chi connectivity index (χ1) is 20.0. The molecule has 0 saturated carbocycles. The molecule has 1 aromatic carbocycles. The van der Waals surface area contributed by atoms with Crippen molar-refractivity contribution in [1.29, 1.82) is 0 Å². The summed E-state index contributed by atoms with van der Waals surface area (Å²) in [7, 11) is 1.64. The van der Waals surface area contributed by atoms with Crippen molar-refractivity contribution in [3.8, 4) is 5.75 Å². The van der Waals surface area contributed by atoms with Gasteiger partial charge in [0.1, 0.15) is 28.8 Å². The molecule has 1 fully saturated rings. The lowest BCUT2D eigenvalue weighted by molar-refractivity contribution is -0.301. The number of aromatic hydroxyl groups is 1. The van der Waals surface area contributed by atoms with Crippen molar-refractivity contribution < 1.29 is 29.4 Å². The Balaban J connectivity index is 1.34. The SMILES string of the molecule is Cc1cc(=O)c(C(=O)NC(C(=O)N[C@@H]2C(=O)N3C(C(=O)[O-])=C(CSc4nnnn4C)CS[C@H]23)c2ccc(O)cc2)c[nH]1. The van der Waals surface area contributed by atoms with Gasteiger partial charge < -0.3 is 30.6 Å². The van der Waals surface area contributed by atoms with Crippen molar-refractivity contribution in [1.82, 2.24) is 40.7 Å². The second-order valence-corrected chi connectivity index (χ2v) is 11.4. The number of phenolic OH excluding ortho intramolecular Hbond substituents is 1. The summed E-state index contributed by atoms with van der Waals surface area (Å²) in [5.41, 5.74) is 0.216. The predicted molar refractivity (Wildman–Crippen MR) is 147 cm³/mol. The van der Waals surface area contributed by atoms with Gasteiger partial charge in [-0.1, -0.05) is 23.9 Å². The average molecular weight is 612 g/mol. The number of carbonyl (C=O) groups is 4. The number of aromatic amines is 1. The minimum absolute atomic E-state index is 0.0753. The number of carboxylic acid groups (broad SMARTS) is 1. The number of β-lactam (4-membered cyclic amide) rings is 1. The molecule has 1 saturated heterocycles. The Morgan fingerprint density at radius 3 is 2.64 bits per heavy atom. The molecule has 15 nitrogen and oxygen atoms in total. The molecule has 4 N–H and O–H groups in total. The molecule has 4 heterocycles. The van der Waals surface area contributed by atoms with Crippen molar-refractivity contribution in [3.05, 3.63) is 74.8 Å². The summed E-state index contributed by atoms with van der Waals surface area (Å²) in [5.74, 6) is -3.42. The molecule has 0 aliphatic carbocycles. The minimum atomic E-state index is -1.53. The maximum Gasteiger partial charge on any atom is 0.257 e. The molecular weight excluding hydrogens is 588 g/mol. The number of aliphatic carboxylic acids is 1. The van der Waals surface area contributed by atoms with E-state index in [0.29, 0.717) is 16.4 Å². The molecule has 0 spiro atoms. The third-order valence-corrected chi connectivity index (χ3v) is 9.00. The number of rotatable bonds is 9. The summed E-state index contributed by atoms with van der Waals surface area (Å²) in [6, 6.07) is 4.27. The average Bonchev–Trinajstić information content (AvgIpc) is 3.37. The largest absolute Gasteiger partial charge is 0.543 e. The Morgan fingerprint density at radius 2 is 2.00 bits per heavy atom. The Bertz CT molecular complexity index is 1670. The number of carboxylic acids is 1. The van der Waals surface area contributed by atoms with Crippen molar-refractivity contribution in [2.24, 2.45) is 7.05 Å². The van der Waals surface area contributed by atoms with Gasteiger partial charge in [0.25, 0.3) is 11.8 Å². The zero-order chi connectivity index (χ0) is 30.1. The number of H-pyrrole nitrogens is 1. The molecule has 42 heavy (non-hydrogen) atoms. The molecule has 3 aromatic rings. The molecule has 3 atom stereocenters. The van der Waals surface area contributed by atoms with Crippen LogP contribution in [0.3, 0.4) is 0 Å². The third-order valence-electron chi connectivity index (χ3n) is 6.56. The van der Waals surface area contributed by atoms with Crippen LogP contribution in [-0.2, 0) is 21.4 Å². The molecule has 0 radical (unpaired) electrons. The van der Waals surface area contributed by atoms with E-state index in [1.807, 2.05) is 0 Å². The first-order valence-electron chi connectivity index (χ1n) is 12.4. The second-order valence-electron chi connectivity index (χ2n) is 9.40. The number of tetrazole rings is 1. The number of hydrogen-bond acceptors (Lipinski definition) is 12. The van der Waals surface area contributed by atoms with E-state index in [9.17, 15) is 34.2 Å². The van der Waals surface area contributed by atoms with Crippen LogP contribution in [0.15, 0.2) is 57.7 Å². The number of aromatic nitrogens is 5. The highest BCUT2D eigenvalue weighted by atomic mass is 32.2. The van der Waals surface area contributed by atoms with Crippen LogP contribution in [0, 0.1) is 6.92 Å². The summed E-state index contributed by atoms with van der Waals surface area (Å²) < 4.78 is 1.43. The number of nitrogens with one attached hydrogen (secondary N) is 3. The number of thioether (sulfide) groups is 2. The van der Waals surface area contributed by atoms with Crippen molar-refractivity contribution in [2.75, 3.05) is 11.5 Å². The molecule has 2 aliphatic rings. The van der Waals surface area contributed by atoms with Crippen LogP contribution >= 0.6 is 23.5 Å². The Labute approximate surface area is 245 Å². The number of carbonyl (C=O) groups excluding carboxylic acids is 4. The highest BCUT2D eigenvalue weighted by molar-refractivity contribution is 8.01. The van der Waals surface area contributed by atoms with Crippen molar-refractivity contribution >= 4 is 47.2 Å². The smallest absolute Gasteiger partial charge is 0.257 e. The number of nitrogens with zero attached hydrogens (tertiary/aromatic N) is 5. The van der Waals surface area contributed by atoms with E-state index in [1.54, 1.807) is 14.0 Å². The summed E-state index contributed by atoms with van der Waals surface area (Å²) in [6.45, 7) is 1.65. The van der Waals surface area contributed by atoms with E-state index in [0.717, 1.165) is 4.90 Å². The Kier molecular flexibility index (Phi) is 8.04. The van der Waals surface area contributed by atoms with Gasteiger partial charge >= 0.3 is 0 Å². The molecule has 2 aliphatic heterocycles. The number of aryl methyl sites for hydroxylation is 2. The van der Waals surface area contributed by atoms with Gasteiger partial charge in [-0.05, 0) is 40.6 Å². The van der Waals surface area contributed by atoms with Crippen LogP contribution in [0.25, 0.3) is 0 Å². The zero-order valence-corrected chi connectivity index (χ0v) is 23.7. The number of amides is 3. The van der Waals surface area contributed by atoms with E-state index < -0.39 is 46.6 Å². The topological polar surface area (TPSA) is 215 Å². The summed E-state index contributed by atoms with van der Waals surface area (Å²) >= 11 is 2.47. The van der Waals surface area contributed by atoms with Gasteiger partial charge in [-0.2, -0.15) is 0 Å². The van der Waals surface area contributed by atoms with Gasteiger partial charge in [0.15, 0.2) is 5.43 Å². The van der Waals surface area contributed by atoms with Crippen molar-refractivity contribution in [2.45, 2.75) is 29.5 Å². The lowest BCUT2D eigenvalue weighted by Crippen LogP contribution is -2.71. The number of fused-ring (bicyclic) bond motifs is 1. The second kappa shape index (κ2) is 11.7. The summed E-state index contributed by atoms with van der Waals surface area (Å²) in [4.78, 5) is 67.9. The van der Waals surface area contributed by atoms with Crippen molar-refractivity contribution in [3.63, 3.8) is 0 Å². The summed E-state index contributed by atoms with van der Waals surface area (Å²) in [5, 5.41) is 37.8. The highest BCUT2D eigenvalue weighted by Gasteiger charge is 2.53. The molecule has 3 amide bonds. The number of pyridine rings is 1. The quantitative estimate of drug-likeness (QED) is 0.162. The molecule has 218 valence electrons. The van der Waals surface area contributed by atoms with Crippen LogP contribution in [0.5, 0.6) is 5.75 Å². The van der Waals surface area contributed by atoms with Crippen LogP contribution in [0.1, 0.15) is 27.7 Å². The van der Waals surface area contributed by atoms with E-state index >= 15 is 0 Å². The van der Waals surface area contributed by atoms with E-state index in [4.69, 9.17) is 0 Å². The third kappa shape index (κ3) is 5.60. The van der Waals surface area contributed by atoms with E-state index in [-0.39, 0.29) is 34.1 Å². The molecule has 1 unspecified atom stereocenters. The fraction of sp³-hybridized carbons (Fsp3) is 0.280. The molecule has 0 bridgehead atoms. The van der Waals surface area contributed by atoms with E-state index in [1.165, 1.54) is 64.7 Å². The van der Waals surface area contributed by atoms with Crippen LogP contribution in [0.4, 0.5) is 0 Å². The fourth-order valence-corrected chi connectivity index (χ4v) is 6.78. The van der Waals surface area contributed by atoms with Crippen LogP contribution in [0.2, 0.25) is 0 Å². The first kappa shape index (κ1) is 28.9. The van der Waals surface area contributed by atoms with Gasteiger partial charge in [0.05, 0.1) is 11.7 Å². The lowest BCUT2D eigenvalue weighted by atomic mass is 10.0. The Morgan fingerprint density at radius 1 is 1.26 bits per heavy atom. The van der Waals surface area contributed by atoms with Gasteiger partial charge in [0, 0.05) is 36.5 Å². The molecular formula is C25H23N8O7S2-. The minimum Gasteiger partial charge on any atom is -0.543 e. The van der Waals surface area contributed by atoms with Gasteiger partial charge in [-0.3, -0.25) is 24.1 Å². The van der Waals surface area contributed by atoms with E-state index in [2.05, 4.69) is 31.1 Å². The first-order valence-corrected chi connectivity index (χ1v) is 14.4. The number of benzene rings is 1. The maximum absolute atomic E-state index is 13.5. The normalized spacial score (nSPS) is 18.6. The Hall–Kier alpha value is -4.64. The predicted octanol–water partition coefficient (Wildman–Crippen LogP) is -1.42. The monoisotopic (exact) mass is 611 g/mol. The van der Waals surface area contributed by atoms with Gasteiger partial charge in [-0.15, -0.1) is 16.9 Å². The van der Waals surface area contributed by atoms with Gasteiger partial charge in [0.2, 0.25) is 11.1 Å². The van der Waals surface area contributed by atoms with Crippen LogP contribution in [-0.4, -0.2) is 81.8 Å². The summed E-state index contributed by atoms with van der Waals surface area (Å²) in [6.07, 6.45) is 1.23. The maximum atomic E-state index is 13.5. The standard InChI is InChI=1S/C25H24N8O7S2/c1-11-7-16(35)15(8-26-11)20(36)27-17(12-3-5-14(34)6-4-12)21(37)28-18-22(38)33-19(24(39)40)13(9-41-23(18)33)10-42-25-29-30-31-32(25)2/h3-8,17-18,23,34H,9-10H2,1-2H3,(H,26,35)(H,27,36)(H,28,37)(H,39,40)/p-1/t17?,18-,23-/m1/s1. The lowest BCUT2D eigenvalue weighted by Gasteiger charge is -2.51. The molecule has 17 heteroatoms.